The van der Waals surface area contributed by atoms with E-state index in [1.54, 1.807) is 0 Å². The van der Waals surface area contributed by atoms with Crippen LogP contribution in [0, 0.1) is 0 Å². The molecule has 5 nitrogen and oxygen atoms in total. The van der Waals surface area contributed by atoms with Crippen LogP contribution in [0.1, 0.15) is 18.3 Å². The molecule has 2 N–H and O–H groups in total. The van der Waals surface area contributed by atoms with Crippen molar-refractivity contribution in [1.82, 2.24) is 19.8 Å². The lowest BCUT2D eigenvalue weighted by molar-refractivity contribution is 0.462. The Labute approximate surface area is 149 Å². The summed E-state index contributed by atoms with van der Waals surface area (Å²) < 4.78 is 2.14. The molecule has 0 aliphatic carbocycles. The van der Waals surface area contributed by atoms with Gasteiger partial charge in [-0.05, 0) is 36.6 Å². The lowest BCUT2D eigenvalue weighted by Gasteiger charge is -2.22. The summed E-state index contributed by atoms with van der Waals surface area (Å²) in [6, 6.07) is 14.8. The van der Waals surface area contributed by atoms with Crippen LogP contribution in [0.25, 0.3) is 10.9 Å². The predicted octanol–water partition coefficient (Wildman–Crippen LogP) is 3.15. The molecule has 0 aliphatic heterocycles. The van der Waals surface area contributed by atoms with E-state index in [1.165, 1.54) is 22.3 Å². The van der Waals surface area contributed by atoms with E-state index >= 15 is 0 Å². The van der Waals surface area contributed by atoms with Crippen LogP contribution < -0.4 is 5.32 Å². The molecule has 0 aliphatic rings. The van der Waals surface area contributed by atoms with E-state index in [-0.39, 0.29) is 0 Å². The zero-order chi connectivity index (χ0) is 17.6. The van der Waals surface area contributed by atoms with Gasteiger partial charge >= 0.3 is 0 Å². The first kappa shape index (κ1) is 17.1. The van der Waals surface area contributed by atoms with E-state index in [0.29, 0.717) is 0 Å². The van der Waals surface area contributed by atoms with Crippen molar-refractivity contribution in [2.45, 2.75) is 19.9 Å². The number of aryl methyl sites for hydroxylation is 1. The maximum absolute atomic E-state index is 4.79. The summed E-state index contributed by atoms with van der Waals surface area (Å²) in [4.78, 5) is 10.4. The molecule has 0 bridgehead atoms. The standard InChI is InChI=1S/C20H27N5/c1-4-21-20(25(3)15-18-9-7-13-24(18)2)22-12-11-17-14-16-8-5-6-10-19(16)23-17/h5-10,13-14,23H,4,11-12,15H2,1-3H3,(H,21,22). The fourth-order valence-corrected chi connectivity index (χ4v) is 3.00. The normalized spacial score (nSPS) is 11.9. The Morgan fingerprint density at radius 3 is 2.80 bits per heavy atom. The molecule has 3 rings (SSSR count). The number of aromatic amines is 1. The second-order valence-corrected chi connectivity index (χ2v) is 6.33. The first-order valence-electron chi connectivity index (χ1n) is 8.83. The minimum Gasteiger partial charge on any atom is -0.358 e. The number of hydrogen-bond donors (Lipinski definition) is 2. The van der Waals surface area contributed by atoms with Gasteiger partial charge in [-0.3, -0.25) is 4.99 Å². The predicted molar refractivity (Wildman–Crippen MR) is 105 cm³/mol. The maximum Gasteiger partial charge on any atom is 0.194 e. The van der Waals surface area contributed by atoms with E-state index in [9.17, 15) is 0 Å². The molecule has 132 valence electrons. The van der Waals surface area contributed by atoms with Crippen molar-refractivity contribution in [3.8, 4) is 0 Å². The van der Waals surface area contributed by atoms with Crippen LogP contribution in [0.5, 0.6) is 0 Å². The second kappa shape index (κ2) is 7.92. The molecule has 0 saturated carbocycles. The summed E-state index contributed by atoms with van der Waals surface area (Å²) in [5.41, 5.74) is 3.68. The van der Waals surface area contributed by atoms with E-state index in [4.69, 9.17) is 4.99 Å². The molecule has 5 heteroatoms. The van der Waals surface area contributed by atoms with Crippen molar-refractivity contribution in [3.05, 3.63) is 60.0 Å². The number of guanidine groups is 1. The van der Waals surface area contributed by atoms with Crippen LogP contribution in [0.15, 0.2) is 53.7 Å². The quantitative estimate of drug-likeness (QED) is 0.536. The molecule has 0 spiro atoms. The molecule has 2 heterocycles. The average molecular weight is 337 g/mol. The lowest BCUT2D eigenvalue weighted by Crippen LogP contribution is -2.39. The Balaban J connectivity index is 1.64. The number of rotatable bonds is 6. The van der Waals surface area contributed by atoms with Crippen molar-refractivity contribution in [2.75, 3.05) is 20.1 Å². The number of hydrogen-bond acceptors (Lipinski definition) is 1. The topological polar surface area (TPSA) is 48.4 Å². The third kappa shape index (κ3) is 4.24. The highest BCUT2D eigenvalue weighted by Gasteiger charge is 2.08. The molecule has 1 aromatic carbocycles. The van der Waals surface area contributed by atoms with Gasteiger partial charge in [-0.1, -0.05) is 18.2 Å². The van der Waals surface area contributed by atoms with Gasteiger partial charge in [-0.25, -0.2) is 0 Å². The number of aliphatic imine (C=N–C) groups is 1. The molecule has 3 aromatic rings. The van der Waals surface area contributed by atoms with E-state index < -0.39 is 0 Å². The zero-order valence-electron chi connectivity index (χ0n) is 15.3. The van der Waals surface area contributed by atoms with Gasteiger partial charge < -0.3 is 19.8 Å². The number of nitrogens with one attached hydrogen (secondary N) is 2. The first-order chi connectivity index (χ1) is 12.2. The van der Waals surface area contributed by atoms with Gasteiger partial charge in [-0.2, -0.15) is 0 Å². The monoisotopic (exact) mass is 337 g/mol. The molecule has 0 amide bonds. The second-order valence-electron chi connectivity index (χ2n) is 6.33. The fraction of sp³-hybridized carbons (Fsp3) is 0.350. The summed E-state index contributed by atoms with van der Waals surface area (Å²) in [7, 11) is 4.15. The molecule has 0 fully saturated rings. The molecule has 2 aromatic heterocycles. The SMILES string of the molecule is CCNC(=NCCc1cc2ccccc2[nH]1)N(C)Cc1cccn1C. The third-order valence-corrected chi connectivity index (χ3v) is 4.38. The Hall–Kier alpha value is -2.69. The molecule has 0 saturated heterocycles. The summed E-state index contributed by atoms with van der Waals surface area (Å²) in [5, 5.41) is 4.64. The zero-order valence-corrected chi connectivity index (χ0v) is 15.3. The number of para-hydroxylation sites is 1. The summed E-state index contributed by atoms with van der Waals surface area (Å²) in [6.45, 7) is 4.56. The van der Waals surface area contributed by atoms with Gasteiger partial charge in [0.1, 0.15) is 0 Å². The largest absolute Gasteiger partial charge is 0.358 e. The van der Waals surface area contributed by atoms with E-state index in [0.717, 1.165) is 32.0 Å². The summed E-state index contributed by atoms with van der Waals surface area (Å²) in [6.07, 6.45) is 2.98. The molecular weight excluding hydrogens is 310 g/mol. The highest BCUT2D eigenvalue weighted by molar-refractivity contribution is 5.80. The van der Waals surface area contributed by atoms with Crippen molar-refractivity contribution < 1.29 is 0 Å². The molecule has 0 atom stereocenters. The fourth-order valence-electron chi connectivity index (χ4n) is 3.00. The Bertz CT molecular complexity index is 810. The molecule has 0 unspecified atom stereocenters. The maximum atomic E-state index is 4.79. The van der Waals surface area contributed by atoms with Gasteiger partial charge in [0.2, 0.25) is 0 Å². The molecular formula is C20H27N5. The highest BCUT2D eigenvalue weighted by Crippen LogP contribution is 2.15. The Morgan fingerprint density at radius 2 is 2.08 bits per heavy atom. The van der Waals surface area contributed by atoms with Crippen LogP contribution in [-0.4, -0.2) is 40.5 Å². The van der Waals surface area contributed by atoms with E-state index in [2.05, 4.69) is 89.4 Å². The number of aromatic nitrogens is 2. The van der Waals surface area contributed by atoms with Gasteiger partial charge in [0.15, 0.2) is 5.96 Å². The van der Waals surface area contributed by atoms with Crippen LogP contribution in [0.2, 0.25) is 0 Å². The van der Waals surface area contributed by atoms with Crippen LogP contribution in [0.3, 0.4) is 0 Å². The summed E-state index contributed by atoms with van der Waals surface area (Å²) in [5.74, 6) is 0.944. The Morgan fingerprint density at radius 1 is 1.24 bits per heavy atom. The summed E-state index contributed by atoms with van der Waals surface area (Å²) >= 11 is 0. The number of fused-ring (bicyclic) bond motifs is 1. The van der Waals surface area contributed by atoms with Gasteiger partial charge in [0.25, 0.3) is 0 Å². The smallest absolute Gasteiger partial charge is 0.194 e. The minimum absolute atomic E-state index is 0.757. The van der Waals surface area contributed by atoms with Crippen molar-refractivity contribution >= 4 is 16.9 Å². The van der Waals surface area contributed by atoms with E-state index in [1.807, 2.05) is 0 Å². The first-order valence-corrected chi connectivity index (χ1v) is 8.83. The van der Waals surface area contributed by atoms with Gasteiger partial charge in [0, 0.05) is 56.7 Å². The number of benzene rings is 1. The van der Waals surface area contributed by atoms with Crippen molar-refractivity contribution in [1.29, 1.82) is 0 Å². The molecule has 25 heavy (non-hydrogen) atoms. The molecule has 0 radical (unpaired) electrons. The van der Waals surface area contributed by atoms with Crippen molar-refractivity contribution in [3.63, 3.8) is 0 Å². The highest BCUT2D eigenvalue weighted by atomic mass is 15.3. The van der Waals surface area contributed by atoms with Crippen LogP contribution >= 0.6 is 0 Å². The van der Waals surface area contributed by atoms with Gasteiger partial charge in [0.05, 0.1) is 6.54 Å². The minimum atomic E-state index is 0.757. The van der Waals surface area contributed by atoms with Crippen LogP contribution in [-0.2, 0) is 20.0 Å². The number of nitrogens with zero attached hydrogens (tertiary/aromatic N) is 3. The van der Waals surface area contributed by atoms with Crippen LogP contribution in [0.4, 0.5) is 0 Å². The lowest BCUT2D eigenvalue weighted by atomic mass is 10.2. The third-order valence-electron chi connectivity index (χ3n) is 4.38. The average Bonchev–Trinajstić information content (AvgIpc) is 3.20. The Kier molecular flexibility index (Phi) is 5.43. The number of H-pyrrole nitrogens is 1. The van der Waals surface area contributed by atoms with Crippen molar-refractivity contribution in [2.24, 2.45) is 12.0 Å². The van der Waals surface area contributed by atoms with Gasteiger partial charge in [-0.15, -0.1) is 0 Å².